The highest BCUT2D eigenvalue weighted by Gasteiger charge is 2.19. The second kappa shape index (κ2) is 5.87. The number of aromatic nitrogens is 1. The van der Waals surface area contributed by atoms with E-state index in [4.69, 9.17) is 4.74 Å². The lowest BCUT2D eigenvalue weighted by molar-refractivity contribution is -0.139. The molecule has 2 rings (SSSR count). The summed E-state index contributed by atoms with van der Waals surface area (Å²) in [4.78, 5) is 15.6. The summed E-state index contributed by atoms with van der Waals surface area (Å²) < 4.78 is 4.86. The molecule has 0 fully saturated rings. The van der Waals surface area contributed by atoms with Gasteiger partial charge in [-0.1, -0.05) is 11.8 Å². The molecule has 18 heavy (non-hydrogen) atoms. The molecule has 0 saturated heterocycles. The van der Waals surface area contributed by atoms with Crippen LogP contribution in [0.5, 0.6) is 0 Å². The first kappa shape index (κ1) is 12.9. The van der Waals surface area contributed by atoms with Gasteiger partial charge in [0.15, 0.2) is 0 Å². The Labute approximate surface area is 110 Å². The number of thioether (sulfide) groups is 1. The zero-order valence-electron chi connectivity index (χ0n) is 10.2. The fourth-order valence-corrected chi connectivity index (χ4v) is 2.86. The summed E-state index contributed by atoms with van der Waals surface area (Å²) in [6.45, 7) is 2.15. The number of hydrogen-bond acceptors (Lipinski definition) is 5. The minimum atomic E-state index is -0.270. The van der Waals surface area contributed by atoms with Crippen LogP contribution in [0.25, 0.3) is 0 Å². The Bertz CT molecular complexity index is 508. The number of esters is 1. The van der Waals surface area contributed by atoms with E-state index in [1.165, 1.54) is 17.3 Å². The molecule has 0 radical (unpaired) electrons. The predicted molar refractivity (Wildman–Crippen MR) is 68.3 cm³/mol. The number of carbonyl (C=O) groups is 1. The Balaban J connectivity index is 2.14. The van der Waals surface area contributed by atoms with Crippen LogP contribution in [0.3, 0.4) is 0 Å². The van der Waals surface area contributed by atoms with Crippen molar-refractivity contribution in [1.29, 1.82) is 5.26 Å². The van der Waals surface area contributed by atoms with Gasteiger partial charge in [0.05, 0.1) is 17.9 Å². The van der Waals surface area contributed by atoms with E-state index in [2.05, 4.69) is 11.1 Å². The normalized spacial score (nSPS) is 12.9. The molecule has 4 nitrogen and oxygen atoms in total. The standard InChI is InChI=1S/C13H14N2O2S/c1-2-17-12(16)8-18-13-11(6-14)10-5-3-4-9(10)7-15-13/h7H,2-5,8H2,1H3. The van der Waals surface area contributed by atoms with Crippen LogP contribution in [-0.2, 0) is 22.4 Å². The average Bonchev–Trinajstić information content (AvgIpc) is 2.84. The van der Waals surface area contributed by atoms with Gasteiger partial charge in [-0.05, 0) is 37.3 Å². The number of hydrogen-bond donors (Lipinski definition) is 0. The third-order valence-corrected chi connectivity index (χ3v) is 3.82. The molecule has 0 atom stereocenters. The highest BCUT2D eigenvalue weighted by Crippen LogP contribution is 2.30. The Morgan fingerprint density at radius 2 is 2.44 bits per heavy atom. The molecule has 0 unspecified atom stereocenters. The Kier molecular flexibility index (Phi) is 4.21. The molecule has 94 valence electrons. The molecule has 0 amide bonds. The van der Waals surface area contributed by atoms with Gasteiger partial charge in [-0.15, -0.1) is 0 Å². The summed E-state index contributed by atoms with van der Waals surface area (Å²) >= 11 is 1.28. The van der Waals surface area contributed by atoms with Gasteiger partial charge in [0.25, 0.3) is 0 Å². The quantitative estimate of drug-likeness (QED) is 0.614. The van der Waals surface area contributed by atoms with Gasteiger partial charge >= 0.3 is 5.97 Å². The molecule has 1 aliphatic rings. The Hall–Kier alpha value is -1.54. The molecule has 0 aliphatic heterocycles. The molecule has 0 bridgehead atoms. The molecule has 1 aromatic rings. The van der Waals surface area contributed by atoms with E-state index in [0.717, 1.165) is 24.8 Å². The first-order valence-electron chi connectivity index (χ1n) is 5.95. The summed E-state index contributed by atoms with van der Waals surface area (Å²) in [6.07, 6.45) is 4.85. The maximum absolute atomic E-state index is 11.3. The van der Waals surface area contributed by atoms with E-state index < -0.39 is 0 Å². The van der Waals surface area contributed by atoms with Gasteiger partial charge in [0.2, 0.25) is 0 Å². The first-order chi connectivity index (χ1) is 8.76. The van der Waals surface area contributed by atoms with Crippen molar-refractivity contribution in [1.82, 2.24) is 4.98 Å². The van der Waals surface area contributed by atoms with Crippen molar-refractivity contribution < 1.29 is 9.53 Å². The van der Waals surface area contributed by atoms with Crippen LogP contribution in [0.1, 0.15) is 30.0 Å². The van der Waals surface area contributed by atoms with Crippen LogP contribution in [0.4, 0.5) is 0 Å². The molecule has 0 spiro atoms. The van der Waals surface area contributed by atoms with Crippen LogP contribution in [0.15, 0.2) is 11.2 Å². The summed E-state index contributed by atoms with van der Waals surface area (Å²) in [7, 11) is 0. The van der Waals surface area contributed by atoms with Crippen LogP contribution < -0.4 is 0 Å². The van der Waals surface area contributed by atoms with E-state index in [9.17, 15) is 10.1 Å². The number of ether oxygens (including phenoxy) is 1. The number of nitriles is 1. The lowest BCUT2D eigenvalue weighted by Crippen LogP contribution is -2.07. The van der Waals surface area contributed by atoms with E-state index in [1.807, 2.05) is 6.20 Å². The Morgan fingerprint density at radius 3 is 3.17 bits per heavy atom. The van der Waals surface area contributed by atoms with Crippen molar-refractivity contribution in [3.05, 3.63) is 22.9 Å². The van der Waals surface area contributed by atoms with Gasteiger partial charge in [0, 0.05) is 6.20 Å². The maximum atomic E-state index is 11.3. The molecule has 0 saturated carbocycles. The van der Waals surface area contributed by atoms with Crippen molar-refractivity contribution in [2.45, 2.75) is 31.2 Å². The lowest BCUT2D eigenvalue weighted by Gasteiger charge is -2.07. The molecular weight excluding hydrogens is 248 g/mol. The third-order valence-electron chi connectivity index (χ3n) is 2.86. The minimum absolute atomic E-state index is 0.203. The summed E-state index contributed by atoms with van der Waals surface area (Å²) in [5.74, 6) is -0.0670. The minimum Gasteiger partial charge on any atom is -0.465 e. The van der Waals surface area contributed by atoms with Crippen LogP contribution in [0.2, 0.25) is 0 Å². The number of pyridine rings is 1. The van der Waals surface area contributed by atoms with E-state index >= 15 is 0 Å². The lowest BCUT2D eigenvalue weighted by atomic mass is 10.1. The summed E-state index contributed by atoms with van der Waals surface area (Å²) in [6, 6.07) is 2.22. The van der Waals surface area contributed by atoms with Gasteiger partial charge < -0.3 is 4.74 Å². The van der Waals surface area contributed by atoms with Gasteiger partial charge in [-0.2, -0.15) is 5.26 Å². The number of nitrogens with zero attached hydrogens (tertiary/aromatic N) is 2. The van der Waals surface area contributed by atoms with Gasteiger partial charge in [-0.25, -0.2) is 4.98 Å². The number of aryl methyl sites for hydroxylation is 1. The number of carbonyl (C=O) groups excluding carboxylic acids is 1. The van der Waals surface area contributed by atoms with E-state index in [-0.39, 0.29) is 11.7 Å². The molecule has 0 N–H and O–H groups in total. The largest absolute Gasteiger partial charge is 0.465 e. The third kappa shape index (κ3) is 2.65. The topological polar surface area (TPSA) is 63.0 Å². The smallest absolute Gasteiger partial charge is 0.316 e. The predicted octanol–water partition coefficient (Wildman–Crippen LogP) is 2.10. The van der Waals surface area contributed by atoms with Crippen LogP contribution in [0, 0.1) is 11.3 Å². The molecule has 1 heterocycles. The average molecular weight is 262 g/mol. The fraction of sp³-hybridized carbons (Fsp3) is 0.462. The first-order valence-corrected chi connectivity index (χ1v) is 6.94. The molecule has 5 heteroatoms. The number of rotatable bonds is 4. The highest BCUT2D eigenvalue weighted by molar-refractivity contribution is 7.99. The van der Waals surface area contributed by atoms with Crippen molar-refractivity contribution in [2.24, 2.45) is 0 Å². The molecular formula is C13H14N2O2S. The highest BCUT2D eigenvalue weighted by atomic mass is 32.2. The summed E-state index contributed by atoms with van der Waals surface area (Å²) in [5, 5.41) is 9.88. The van der Waals surface area contributed by atoms with Gasteiger partial charge in [0.1, 0.15) is 11.1 Å². The van der Waals surface area contributed by atoms with Crippen molar-refractivity contribution in [3.63, 3.8) is 0 Å². The van der Waals surface area contributed by atoms with E-state index in [0.29, 0.717) is 17.2 Å². The SMILES string of the molecule is CCOC(=O)CSc1ncc2c(c1C#N)CCC2. The molecule has 1 aromatic heterocycles. The zero-order valence-corrected chi connectivity index (χ0v) is 11.0. The monoisotopic (exact) mass is 262 g/mol. The fourth-order valence-electron chi connectivity index (χ4n) is 2.08. The summed E-state index contributed by atoms with van der Waals surface area (Å²) in [5.41, 5.74) is 2.92. The van der Waals surface area contributed by atoms with Crippen LogP contribution >= 0.6 is 11.8 Å². The maximum Gasteiger partial charge on any atom is 0.316 e. The number of fused-ring (bicyclic) bond motifs is 1. The second-order valence-corrected chi connectivity index (χ2v) is 4.97. The van der Waals surface area contributed by atoms with Crippen molar-refractivity contribution in [3.8, 4) is 6.07 Å². The molecule has 0 aromatic carbocycles. The van der Waals surface area contributed by atoms with E-state index in [1.54, 1.807) is 6.92 Å². The van der Waals surface area contributed by atoms with Crippen molar-refractivity contribution >= 4 is 17.7 Å². The second-order valence-electron chi connectivity index (χ2n) is 4.00. The van der Waals surface area contributed by atoms with Crippen molar-refractivity contribution in [2.75, 3.05) is 12.4 Å². The Morgan fingerprint density at radius 1 is 1.61 bits per heavy atom. The zero-order chi connectivity index (χ0) is 13.0. The molecule has 1 aliphatic carbocycles. The van der Waals surface area contributed by atoms with Gasteiger partial charge in [-0.3, -0.25) is 4.79 Å². The van der Waals surface area contributed by atoms with Crippen LogP contribution in [-0.4, -0.2) is 23.3 Å².